The van der Waals surface area contributed by atoms with Crippen molar-refractivity contribution in [3.63, 3.8) is 0 Å². The average molecular weight is 744 g/mol. The quantitative estimate of drug-likeness (QED) is 0.0575. The molecule has 51 heavy (non-hydrogen) atoms. The molecule has 0 saturated heterocycles. The van der Waals surface area contributed by atoms with E-state index in [1.807, 2.05) is 6.07 Å². The fourth-order valence-corrected chi connectivity index (χ4v) is 5.21. The highest BCUT2D eigenvalue weighted by Crippen LogP contribution is 2.36. The Bertz CT molecular complexity index is 2090. The van der Waals surface area contributed by atoms with Gasteiger partial charge >= 0.3 is 0 Å². The van der Waals surface area contributed by atoms with Gasteiger partial charge in [-0.05, 0) is 66.9 Å². The molecule has 3 heterocycles. The van der Waals surface area contributed by atoms with Crippen molar-refractivity contribution in [2.24, 2.45) is 5.84 Å². The minimum Gasteiger partial charge on any atom is -0.496 e. The summed E-state index contributed by atoms with van der Waals surface area (Å²) in [5.41, 5.74) is 5.12. The third-order valence-corrected chi connectivity index (χ3v) is 7.80. The Kier molecular flexibility index (Phi) is 13.3. The van der Waals surface area contributed by atoms with Crippen molar-refractivity contribution >= 4 is 29.9 Å². The third-order valence-electron chi connectivity index (χ3n) is 7.53. The number of nitrogens with zero attached hydrogens (tertiary/aromatic N) is 4. The van der Waals surface area contributed by atoms with Gasteiger partial charge in [0.2, 0.25) is 11.8 Å². The lowest BCUT2D eigenvalue weighted by Gasteiger charge is -2.13. The summed E-state index contributed by atoms with van der Waals surface area (Å²) in [6.07, 6.45) is 4.42. The second-order valence-electron chi connectivity index (χ2n) is 10.8. The van der Waals surface area contributed by atoms with Crippen molar-refractivity contribution in [1.82, 2.24) is 25.6 Å². The molecule has 3 N–H and O–H groups in total. The molecule has 3 aromatic carbocycles. The van der Waals surface area contributed by atoms with E-state index in [1.165, 1.54) is 13.2 Å². The van der Waals surface area contributed by atoms with E-state index < -0.39 is 17.6 Å². The molecule has 6 aromatic rings. The molecular weight excluding hydrogens is 709 g/mol. The smallest absolute Gasteiger partial charge is 0.265 e. The topological polar surface area (TPSA) is 165 Å². The van der Waals surface area contributed by atoms with Crippen LogP contribution in [0.5, 0.6) is 11.5 Å². The summed E-state index contributed by atoms with van der Waals surface area (Å²) in [7, 11) is 3.07. The van der Waals surface area contributed by atoms with Crippen LogP contribution in [0, 0.1) is 25.5 Å². The van der Waals surface area contributed by atoms with Gasteiger partial charge in [0.05, 0.1) is 43.7 Å². The van der Waals surface area contributed by atoms with Crippen LogP contribution < -0.4 is 20.7 Å². The molecule has 6 rings (SSSR count). The Morgan fingerprint density at radius 2 is 1.49 bits per heavy atom. The number of oxazole rings is 2. The monoisotopic (exact) mass is 742 g/mol. The number of hydrogen-bond donors (Lipinski definition) is 2. The zero-order chi connectivity index (χ0) is 35.8. The molecule has 0 aliphatic heterocycles. The molecule has 0 aliphatic carbocycles. The Morgan fingerprint density at radius 1 is 0.863 bits per heavy atom. The molecule has 0 saturated carbocycles. The van der Waals surface area contributed by atoms with E-state index >= 15 is 0 Å². The molecule has 1 amide bonds. The van der Waals surface area contributed by atoms with Gasteiger partial charge < -0.3 is 22.7 Å². The normalized spacial score (nSPS) is 11.2. The van der Waals surface area contributed by atoms with E-state index in [0.29, 0.717) is 76.1 Å². The van der Waals surface area contributed by atoms with Gasteiger partial charge in [0.15, 0.2) is 34.9 Å². The third kappa shape index (κ3) is 9.08. The number of nitrogens with one attached hydrogen (secondary N) is 1. The van der Waals surface area contributed by atoms with Gasteiger partial charge in [0, 0.05) is 30.9 Å². The lowest BCUT2D eigenvalue weighted by atomic mass is 9.94. The van der Waals surface area contributed by atoms with Gasteiger partial charge in [0.25, 0.3) is 5.91 Å². The number of methoxy groups -OCH3 is 2. The van der Waals surface area contributed by atoms with Crippen molar-refractivity contribution in [3.8, 4) is 45.6 Å². The number of halogens is 4. The molecule has 0 bridgehead atoms. The largest absolute Gasteiger partial charge is 0.496 e. The molecule has 0 aliphatic rings. The summed E-state index contributed by atoms with van der Waals surface area (Å²) in [5.74, 6) is 6.79. The molecule has 1 atom stereocenters. The molecule has 0 radical (unpaired) electrons. The molecule has 0 spiro atoms. The van der Waals surface area contributed by atoms with Gasteiger partial charge in [0.1, 0.15) is 11.5 Å². The van der Waals surface area contributed by atoms with Crippen LogP contribution >= 0.6 is 24.0 Å². The fraction of sp³-hybridized carbons (Fsp3) is 0.229. The Morgan fingerprint density at radius 3 is 2.04 bits per heavy atom. The summed E-state index contributed by atoms with van der Waals surface area (Å²) < 4.78 is 54.9. The zero-order valence-electron chi connectivity index (χ0n) is 27.9. The second kappa shape index (κ2) is 17.6. The lowest BCUT2D eigenvalue weighted by Crippen LogP contribution is -2.29. The molecule has 268 valence electrons. The van der Waals surface area contributed by atoms with Crippen LogP contribution in [0.3, 0.4) is 0 Å². The van der Waals surface area contributed by atoms with Crippen molar-refractivity contribution in [2.75, 3.05) is 20.1 Å². The first kappa shape index (κ1) is 38.5. The van der Waals surface area contributed by atoms with E-state index in [9.17, 15) is 13.6 Å². The predicted molar refractivity (Wildman–Crippen MR) is 187 cm³/mol. The molecule has 12 nitrogen and oxygen atoms in total. The van der Waals surface area contributed by atoms with Gasteiger partial charge in [-0.3, -0.25) is 10.2 Å². The van der Waals surface area contributed by atoms with E-state index in [0.717, 1.165) is 23.3 Å². The van der Waals surface area contributed by atoms with Gasteiger partial charge in [-0.2, -0.15) is 0 Å². The van der Waals surface area contributed by atoms with E-state index in [1.54, 1.807) is 63.7 Å². The first-order valence-electron chi connectivity index (χ1n) is 15.2. The highest BCUT2D eigenvalue weighted by atomic mass is 35.5. The highest BCUT2D eigenvalue weighted by Gasteiger charge is 2.23. The Labute approximate surface area is 302 Å². The lowest BCUT2D eigenvalue weighted by molar-refractivity contribution is 0.0953. The molecule has 16 heteroatoms. The number of alkyl halides is 1. The first-order chi connectivity index (χ1) is 24.1. The van der Waals surface area contributed by atoms with Crippen molar-refractivity contribution in [1.29, 1.82) is 0 Å². The maximum Gasteiger partial charge on any atom is 0.265 e. The molecular formula is C35H34Cl2F2N6O6. The van der Waals surface area contributed by atoms with E-state index in [4.69, 9.17) is 40.2 Å². The number of carbonyl (C=O) groups is 1. The number of benzene rings is 3. The van der Waals surface area contributed by atoms with Crippen LogP contribution in [0.1, 0.15) is 52.4 Å². The van der Waals surface area contributed by atoms with Gasteiger partial charge in [-0.25, -0.2) is 24.6 Å². The summed E-state index contributed by atoms with van der Waals surface area (Å²) in [4.78, 5) is 19.5. The van der Waals surface area contributed by atoms with Gasteiger partial charge in [-0.15, -0.1) is 34.2 Å². The standard InChI is InChI=1S/C23H20ClF2N3O3.C12H13N3O3.ClH/c1-13-27-12-21(31-13)17-7-5-15(11-20(17)30-2)22-28-29-23(32-22)16(4-3-9-24)14-6-8-18(25)19(26)10-14;1-7-14-6-11(18-7)9-4-3-8(12(16)15-13)5-10(9)17-2;/h5-8,10-12,16H,3-4,9H2,1-2H3;3-6H,13H2,1-2H3,(H,15,16);1H. The van der Waals surface area contributed by atoms with Crippen molar-refractivity contribution in [2.45, 2.75) is 32.6 Å². The summed E-state index contributed by atoms with van der Waals surface area (Å²) in [5, 5.41) is 8.32. The highest BCUT2D eigenvalue weighted by molar-refractivity contribution is 6.17. The first-order valence-corrected chi connectivity index (χ1v) is 15.8. The number of hydrogen-bond acceptors (Lipinski definition) is 11. The number of carbonyl (C=O) groups excluding carboxylic acids is 1. The SMILES string of the molecule is COc1cc(-c2nnc(C(CCCCl)c3ccc(F)c(F)c3)o2)ccc1-c1cnc(C)o1.COc1cc(C(=O)NN)ccc1-c1cnc(C)o1.Cl. The summed E-state index contributed by atoms with van der Waals surface area (Å²) in [6, 6.07) is 14.1. The maximum atomic E-state index is 13.8. The number of nitrogen functional groups attached to an aromatic ring is 1. The van der Waals surface area contributed by atoms with Crippen molar-refractivity contribution in [3.05, 3.63) is 107 Å². The number of aromatic nitrogens is 4. The van der Waals surface area contributed by atoms with Crippen LogP contribution in [-0.4, -0.2) is 46.2 Å². The van der Waals surface area contributed by atoms with Crippen molar-refractivity contribution < 1.29 is 36.3 Å². The van der Waals surface area contributed by atoms with E-state index in [2.05, 4.69) is 25.6 Å². The average Bonchev–Trinajstić information content (AvgIpc) is 3.91. The van der Waals surface area contributed by atoms with Crippen LogP contribution in [0.25, 0.3) is 34.1 Å². The molecule has 0 fully saturated rings. The van der Waals surface area contributed by atoms with Crippen LogP contribution in [0.2, 0.25) is 0 Å². The van der Waals surface area contributed by atoms with Crippen LogP contribution in [0.15, 0.2) is 80.2 Å². The molecule has 1 unspecified atom stereocenters. The zero-order valence-corrected chi connectivity index (χ0v) is 29.5. The molecule has 3 aromatic heterocycles. The number of ether oxygens (including phenoxy) is 2. The number of rotatable bonds is 11. The van der Waals surface area contributed by atoms with Crippen LogP contribution in [0.4, 0.5) is 8.78 Å². The minimum absolute atomic E-state index is 0. The summed E-state index contributed by atoms with van der Waals surface area (Å²) >= 11 is 5.85. The second-order valence-corrected chi connectivity index (χ2v) is 11.2. The maximum absolute atomic E-state index is 13.8. The Balaban J connectivity index is 0.000000261. The summed E-state index contributed by atoms with van der Waals surface area (Å²) in [6.45, 7) is 3.52. The Hall–Kier alpha value is -5.31. The number of amides is 1. The fourth-order valence-electron chi connectivity index (χ4n) is 5.05. The van der Waals surface area contributed by atoms with Gasteiger partial charge in [-0.1, -0.05) is 6.07 Å². The van der Waals surface area contributed by atoms with Crippen LogP contribution in [-0.2, 0) is 0 Å². The number of nitrogens with two attached hydrogens (primary N) is 1. The predicted octanol–water partition coefficient (Wildman–Crippen LogP) is 7.82. The minimum atomic E-state index is -0.930. The number of aryl methyl sites for hydroxylation is 2. The van der Waals surface area contributed by atoms with E-state index in [-0.39, 0.29) is 24.2 Å². The number of hydrazine groups is 1.